The molecule has 1 aliphatic heterocycles. The monoisotopic (exact) mass is 410 g/mol. The Labute approximate surface area is 180 Å². The predicted octanol–water partition coefficient (Wildman–Crippen LogP) is 4.65. The molecule has 1 saturated heterocycles. The summed E-state index contributed by atoms with van der Waals surface area (Å²) in [5, 5.41) is 0. The summed E-state index contributed by atoms with van der Waals surface area (Å²) in [7, 11) is 0. The van der Waals surface area contributed by atoms with Crippen LogP contribution in [0.4, 0.5) is 0 Å². The summed E-state index contributed by atoms with van der Waals surface area (Å²) in [6, 6.07) is 7.01. The first-order chi connectivity index (χ1) is 14.3. The van der Waals surface area contributed by atoms with Crippen LogP contribution < -0.4 is 10.5 Å². The van der Waals surface area contributed by atoms with E-state index in [2.05, 4.69) is 6.08 Å². The molecule has 2 amide bonds. The van der Waals surface area contributed by atoms with E-state index in [1.807, 2.05) is 56.9 Å². The molecule has 1 atom stereocenters. The molecule has 1 aromatic carbocycles. The summed E-state index contributed by atoms with van der Waals surface area (Å²) in [5.74, 6) is 0.522. The second kappa shape index (κ2) is 11.4. The number of carbonyl (C=O) groups excluding carboxylic acids is 2. The number of benzene rings is 1. The van der Waals surface area contributed by atoms with Crippen molar-refractivity contribution in [1.82, 2.24) is 4.90 Å². The van der Waals surface area contributed by atoms with Crippen LogP contribution in [-0.2, 0) is 4.79 Å². The van der Waals surface area contributed by atoms with Crippen molar-refractivity contribution >= 4 is 11.8 Å². The molecule has 0 spiro atoms. The number of likely N-dealkylation sites (tertiary alicyclic amines) is 1. The smallest absolute Gasteiger partial charge is 0.252 e. The maximum absolute atomic E-state index is 11.4. The van der Waals surface area contributed by atoms with E-state index >= 15 is 0 Å². The van der Waals surface area contributed by atoms with Crippen molar-refractivity contribution in [3.05, 3.63) is 65.3 Å². The third-order valence-electron chi connectivity index (χ3n) is 5.01. The number of amides is 2. The zero-order chi connectivity index (χ0) is 22.1. The largest absolute Gasteiger partial charge is 0.481 e. The Bertz CT molecular complexity index is 831. The Kier molecular flexibility index (Phi) is 8.90. The lowest BCUT2D eigenvalue weighted by Gasteiger charge is -2.28. The van der Waals surface area contributed by atoms with E-state index in [1.165, 1.54) is 24.8 Å². The Morgan fingerprint density at radius 2 is 1.73 bits per heavy atom. The fourth-order valence-electron chi connectivity index (χ4n) is 3.49. The lowest BCUT2D eigenvalue weighted by Crippen LogP contribution is -2.38. The standard InChI is InChI=1S/C16H17NO2.C9H17NO/c1-11-7-8-13(10-12(2)9-11)19-15-6-4-3-5-14(15)16(17)18;1-8(2)9(11)10-6-4-3-5-7-10/h3-10,13H,1-2H3,(H2,17,18);8H,3-7H2,1-2H3. The molecule has 1 unspecified atom stereocenters. The first kappa shape index (κ1) is 23.5. The van der Waals surface area contributed by atoms with Crippen LogP contribution in [0.15, 0.2) is 59.7 Å². The molecule has 1 fully saturated rings. The van der Waals surface area contributed by atoms with Crippen molar-refractivity contribution in [2.45, 2.75) is 53.1 Å². The normalized spacial score (nSPS) is 18.6. The zero-order valence-electron chi connectivity index (χ0n) is 18.6. The number of primary amides is 1. The second-order valence-corrected chi connectivity index (χ2v) is 8.14. The van der Waals surface area contributed by atoms with Gasteiger partial charge >= 0.3 is 0 Å². The highest BCUT2D eigenvalue weighted by Gasteiger charge is 2.18. The summed E-state index contributed by atoms with van der Waals surface area (Å²) in [6.45, 7) is 9.96. The van der Waals surface area contributed by atoms with Crippen molar-refractivity contribution in [1.29, 1.82) is 0 Å². The average molecular weight is 411 g/mol. The van der Waals surface area contributed by atoms with Crippen LogP contribution in [0.3, 0.4) is 0 Å². The van der Waals surface area contributed by atoms with Gasteiger partial charge in [0.2, 0.25) is 5.91 Å². The first-order valence-corrected chi connectivity index (χ1v) is 10.7. The Morgan fingerprint density at radius 3 is 2.37 bits per heavy atom. The number of ether oxygens (including phenoxy) is 1. The summed E-state index contributed by atoms with van der Waals surface area (Å²) in [5.41, 5.74) is 8.03. The molecule has 5 heteroatoms. The van der Waals surface area contributed by atoms with Gasteiger partial charge in [0, 0.05) is 19.0 Å². The topological polar surface area (TPSA) is 72.6 Å². The van der Waals surface area contributed by atoms with Crippen LogP contribution in [-0.4, -0.2) is 35.9 Å². The van der Waals surface area contributed by atoms with Gasteiger partial charge in [0.05, 0.1) is 5.56 Å². The van der Waals surface area contributed by atoms with Gasteiger partial charge < -0.3 is 15.4 Å². The number of hydrogen-bond acceptors (Lipinski definition) is 3. The predicted molar refractivity (Wildman–Crippen MR) is 121 cm³/mol. The molecule has 0 radical (unpaired) electrons. The van der Waals surface area contributed by atoms with E-state index in [0.717, 1.165) is 18.7 Å². The highest BCUT2D eigenvalue weighted by molar-refractivity contribution is 5.95. The molecule has 2 N–H and O–H groups in total. The van der Waals surface area contributed by atoms with Crippen LogP contribution >= 0.6 is 0 Å². The van der Waals surface area contributed by atoms with Gasteiger partial charge in [-0.1, -0.05) is 49.3 Å². The van der Waals surface area contributed by atoms with Gasteiger partial charge in [0.1, 0.15) is 11.9 Å². The van der Waals surface area contributed by atoms with Crippen LogP contribution in [0, 0.1) is 5.92 Å². The number of rotatable bonds is 4. The maximum Gasteiger partial charge on any atom is 0.252 e. The van der Waals surface area contributed by atoms with E-state index < -0.39 is 5.91 Å². The van der Waals surface area contributed by atoms with Gasteiger partial charge in [0.25, 0.3) is 5.91 Å². The summed E-state index contributed by atoms with van der Waals surface area (Å²) in [6.07, 6.45) is 11.5. The van der Waals surface area contributed by atoms with Gasteiger partial charge in [-0.2, -0.15) is 0 Å². The molecular weight excluding hydrogens is 376 g/mol. The summed E-state index contributed by atoms with van der Waals surface area (Å²) in [4.78, 5) is 24.8. The molecule has 1 aliphatic carbocycles. The van der Waals surface area contributed by atoms with Crippen molar-refractivity contribution in [2.75, 3.05) is 13.1 Å². The van der Waals surface area contributed by atoms with Crippen molar-refractivity contribution in [3.63, 3.8) is 0 Å². The minimum atomic E-state index is -0.483. The van der Waals surface area contributed by atoms with E-state index in [1.54, 1.807) is 18.2 Å². The van der Waals surface area contributed by atoms with E-state index in [4.69, 9.17) is 10.5 Å². The Morgan fingerprint density at radius 1 is 1.07 bits per heavy atom. The Balaban J connectivity index is 0.000000248. The molecule has 0 bridgehead atoms. The highest BCUT2D eigenvalue weighted by atomic mass is 16.5. The van der Waals surface area contributed by atoms with Crippen molar-refractivity contribution in [3.8, 4) is 5.75 Å². The number of para-hydroxylation sites is 1. The van der Waals surface area contributed by atoms with E-state index in [-0.39, 0.29) is 12.0 Å². The lowest BCUT2D eigenvalue weighted by molar-refractivity contribution is -0.135. The minimum absolute atomic E-state index is 0.174. The number of carbonyl (C=O) groups is 2. The van der Waals surface area contributed by atoms with Gasteiger partial charge in [0.15, 0.2) is 0 Å². The van der Waals surface area contributed by atoms with Gasteiger partial charge in [-0.3, -0.25) is 9.59 Å². The zero-order valence-corrected chi connectivity index (χ0v) is 18.6. The van der Waals surface area contributed by atoms with Crippen LogP contribution in [0.1, 0.15) is 57.3 Å². The number of nitrogens with zero attached hydrogens (tertiary/aromatic N) is 1. The quantitative estimate of drug-likeness (QED) is 0.785. The first-order valence-electron chi connectivity index (χ1n) is 10.7. The molecule has 30 heavy (non-hydrogen) atoms. The summed E-state index contributed by atoms with van der Waals surface area (Å²) >= 11 is 0. The van der Waals surface area contributed by atoms with Crippen LogP contribution in [0.2, 0.25) is 0 Å². The molecule has 1 aromatic rings. The summed E-state index contributed by atoms with van der Waals surface area (Å²) < 4.78 is 5.85. The average Bonchev–Trinajstić information content (AvgIpc) is 2.88. The molecule has 0 saturated carbocycles. The van der Waals surface area contributed by atoms with Gasteiger partial charge in [-0.15, -0.1) is 0 Å². The van der Waals surface area contributed by atoms with Crippen molar-refractivity contribution < 1.29 is 14.3 Å². The molecule has 2 aliphatic rings. The van der Waals surface area contributed by atoms with Crippen molar-refractivity contribution in [2.24, 2.45) is 11.7 Å². The van der Waals surface area contributed by atoms with E-state index in [9.17, 15) is 9.59 Å². The molecular formula is C25H34N2O3. The lowest BCUT2D eigenvalue weighted by atomic mass is 10.1. The Hall–Kier alpha value is -2.82. The number of nitrogens with two attached hydrogens (primary N) is 1. The van der Waals surface area contributed by atoms with E-state index in [0.29, 0.717) is 17.2 Å². The fourth-order valence-corrected chi connectivity index (χ4v) is 3.49. The molecule has 1 heterocycles. The number of allylic oxidation sites excluding steroid dienone is 4. The van der Waals surface area contributed by atoms with Crippen LogP contribution in [0.5, 0.6) is 5.75 Å². The second-order valence-electron chi connectivity index (χ2n) is 8.14. The minimum Gasteiger partial charge on any atom is -0.481 e. The molecule has 0 aromatic heterocycles. The molecule has 3 rings (SSSR count). The fraction of sp³-hybridized carbons (Fsp3) is 0.440. The third kappa shape index (κ3) is 7.21. The van der Waals surface area contributed by atoms with Gasteiger partial charge in [-0.25, -0.2) is 0 Å². The number of hydrogen-bond donors (Lipinski definition) is 1. The molecule has 162 valence electrons. The maximum atomic E-state index is 11.4. The molecule has 5 nitrogen and oxygen atoms in total. The van der Waals surface area contributed by atoms with Gasteiger partial charge in [-0.05, 0) is 57.4 Å². The SMILES string of the molecule is CC(C)C(=O)N1CCCCC1.CC1=CC(C)=CC(Oc2ccccc2C(N)=O)C=C1. The number of piperidine rings is 1. The third-order valence-corrected chi connectivity index (χ3v) is 5.01. The highest BCUT2D eigenvalue weighted by Crippen LogP contribution is 2.21. The van der Waals surface area contributed by atoms with Crippen LogP contribution in [0.25, 0.3) is 0 Å².